The number of rotatable bonds is 3. The first-order valence-electron chi connectivity index (χ1n) is 6.46. The number of benzene rings is 2. The molecule has 0 radical (unpaired) electrons. The van der Waals surface area contributed by atoms with Crippen LogP contribution in [0.15, 0.2) is 51.8 Å². The average molecular weight is 442 g/mol. The maximum atomic E-state index is 12.3. The summed E-state index contributed by atoms with van der Waals surface area (Å²) in [5.41, 5.74) is 1.72. The number of carbonyl (C=O) groups is 1. The number of hydrogen-bond donors (Lipinski definition) is 2. The molecule has 0 aliphatic heterocycles. The third-order valence-electron chi connectivity index (χ3n) is 3.01. The lowest BCUT2D eigenvalue weighted by Crippen LogP contribution is -2.13. The number of aromatic amines is 1. The van der Waals surface area contributed by atoms with Crippen molar-refractivity contribution in [3.8, 4) is 11.4 Å². The van der Waals surface area contributed by atoms with Crippen LogP contribution in [-0.2, 0) is 0 Å². The van der Waals surface area contributed by atoms with E-state index in [9.17, 15) is 9.59 Å². The highest BCUT2D eigenvalue weighted by Gasteiger charge is 2.12. The minimum atomic E-state index is -0.634. The molecule has 0 spiro atoms. The topological polar surface area (TPSA) is 88.0 Å². The second kappa shape index (κ2) is 6.55. The lowest BCUT2D eigenvalue weighted by molar-refractivity contribution is 0.102. The molecule has 2 aromatic carbocycles. The number of amides is 1. The molecule has 0 fully saturated rings. The average Bonchev–Trinajstić information content (AvgIpc) is 2.94. The predicted octanol–water partition coefficient (Wildman–Crippen LogP) is 3.54. The lowest BCUT2D eigenvalue weighted by Gasteiger charge is -2.08. The van der Waals surface area contributed by atoms with Crippen molar-refractivity contribution in [1.82, 2.24) is 10.1 Å². The van der Waals surface area contributed by atoms with Gasteiger partial charge in [0, 0.05) is 19.8 Å². The van der Waals surface area contributed by atoms with Gasteiger partial charge < -0.3 is 5.32 Å². The minimum absolute atomic E-state index is 0.253. The van der Waals surface area contributed by atoms with E-state index in [-0.39, 0.29) is 5.91 Å². The van der Waals surface area contributed by atoms with Crippen LogP contribution in [0.3, 0.4) is 0 Å². The van der Waals surface area contributed by atoms with Gasteiger partial charge in [-0.25, -0.2) is 4.79 Å². The third-order valence-corrected chi connectivity index (χ3v) is 4.14. The number of anilines is 1. The van der Waals surface area contributed by atoms with E-state index in [0.717, 1.165) is 3.57 Å². The smallest absolute Gasteiger partial charge is 0.322 e. The summed E-state index contributed by atoms with van der Waals surface area (Å²) in [7, 11) is 0. The van der Waals surface area contributed by atoms with E-state index in [1.54, 1.807) is 42.5 Å². The fourth-order valence-electron chi connectivity index (χ4n) is 1.97. The number of H-pyrrole nitrogens is 1. The summed E-state index contributed by atoms with van der Waals surface area (Å²) < 4.78 is 5.23. The van der Waals surface area contributed by atoms with Crippen LogP contribution in [0.4, 0.5) is 5.69 Å². The van der Waals surface area contributed by atoms with Gasteiger partial charge in [-0.15, -0.1) is 0 Å². The molecule has 0 atom stereocenters. The van der Waals surface area contributed by atoms with Crippen LogP contribution < -0.4 is 11.1 Å². The zero-order valence-electron chi connectivity index (χ0n) is 11.5. The van der Waals surface area contributed by atoms with Gasteiger partial charge in [0.15, 0.2) is 5.82 Å². The molecule has 1 heterocycles. The summed E-state index contributed by atoms with van der Waals surface area (Å²) in [5, 5.41) is 6.99. The van der Waals surface area contributed by atoms with Crippen LogP contribution in [0.2, 0.25) is 5.02 Å². The molecular formula is C15H9ClIN3O3. The molecule has 116 valence electrons. The standard InChI is InChI=1S/C15H9ClIN3O3/c16-9-4-5-11(12(17)7-9)14(21)18-10-3-1-2-8(6-10)13-19-15(22)23-20-13/h1-7H,(H,18,21)(H,19,20,22). The molecule has 23 heavy (non-hydrogen) atoms. The van der Waals surface area contributed by atoms with Crippen LogP contribution in [0, 0.1) is 3.57 Å². The summed E-state index contributed by atoms with van der Waals surface area (Å²) in [6, 6.07) is 12.0. The second-order valence-corrected chi connectivity index (χ2v) is 6.20. The van der Waals surface area contributed by atoms with Gasteiger partial charge in [-0.1, -0.05) is 28.9 Å². The third kappa shape index (κ3) is 3.62. The summed E-state index contributed by atoms with van der Waals surface area (Å²) >= 11 is 7.95. The van der Waals surface area contributed by atoms with E-state index in [1.165, 1.54) is 0 Å². The fraction of sp³-hybridized carbons (Fsp3) is 0. The molecule has 3 rings (SSSR count). The highest BCUT2D eigenvalue weighted by molar-refractivity contribution is 14.1. The molecule has 0 saturated heterocycles. The minimum Gasteiger partial charge on any atom is -0.322 e. The molecule has 1 aromatic heterocycles. The highest BCUT2D eigenvalue weighted by Crippen LogP contribution is 2.21. The largest absolute Gasteiger partial charge is 0.439 e. The van der Waals surface area contributed by atoms with E-state index >= 15 is 0 Å². The molecule has 6 nitrogen and oxygen atoms in total. The van der Waals surface area contributed by atoms with Gasteiger partial charge in [-0.2, -0.15) is 0 Å². The van der Waals surface area contributed by atoms with Crippen molar-refractivity contribution in [3.63, 3.8) is 0 Å². The van der Waals surface area contributed by atoms with Gasteiger partial charge >= 0.3 is 5.76 Å². The van der Waals surface area contributed by atoms with Crippen LogP contribution in [0.5, 0.6) is 0 Å². The van der Waals surface area contributed by atoms with Crippen molar-refractivity contribution in [2.24, 2.45) is 0 Å². The molecule has 0 bridgehead atoms. The second-order valence-electron chi connectivity index (χ2n) is 4.60. The number of carbonyl (C=O) groups excluding carboxylic acids is 1. The Balaban J connectivity index is 1.85. The number of nitrogens with one attached hydrogen (secondary N) is 2. The Kier molecular flexibility index (Phi) is 4.49. The molecule has 0 aliphatic rings. The van der Waals surface area contributed by atoms with Crippen LogP contribution in [-0.4, -0.2) is 16.0 Å². The van der Waals surface area contributed by atoms with Crippen molar-refractivity contribution in [2.75, 3.05) is 5.32 Å². The Morgan fingerprint density at radius 3 is 2.78 bits per heavy atom. The van der Waals surface area contributed by atoms with Gasteiger partial charge in [-0.3, -0.25) is 14.3 Å². The van der Waals surface area contributed by atoms with Crippen molar-refractivity contribution in [3.05, 3.63) is 67.2 Å². The van der Waals surface area contributed by atoms with Gasteiger partial charge in [0.05, 0.1) is 5.56 Å². The monoisotopic (exact) mass is 441 g/mol. The highest BCUT2D eigenvalue weighted by atomic mass is 127. The number of nitrogens with zero attached hydrogens (tertiary/aromatic N) is 1. The Morgan fingerprint density at radius 1 is 1.26 bits per heavy atom. The summed E-state index contributed by atoms with van der Waals surface area (Å²) in [5.74, 6) is -0.589. The zero-order chi connectivity index (χ0) is 16.4. The zero-order valence-corrected chi connectivity index (χ0v) is 14.4. The van der Waals surface area contributed by atoms with E-state index < -0.39 is 5.76 Å². The first kappa shape index (κ1) is 15.8. The van der Waals surface area contributed by atoms with Gasteiger partial charge in [0.25, 0.3) is 5.91 Å². The first-order chi connectivity index (χ1) is 11.0. The van der Waals surface area contributed by atoms with Crippen LogP contribution in [0.1, 0.15) is 10.4 Å². The number of aromatic nitrogens is 2. The predicted molar refractivity (Wildman–Crippen MR) is 94.7 cm³/mol. The Bertz CT molecular complexity index is 935. The maximum Gasteiger partial charge on any atom is 0.439 e. The van der Waals surface area contributed by atoms with Crippen molar-refractivity contribution in [2.45, 2.75) is 0 Å². The normalized spacial score (nSPS) is 10.5. The van der Waals surface area contributed by atoms with Gasteiger partial charge in [0.2, 0.25) is 0 Å². The van der Waals surface area contributed by atoms with E-state index in [1.807, 2.05) is 0 Å². The molecule has 2 N–H and O–H groups in total. The molecule has 1 amide bonds. The Labute approximate surface area is 149 Å². The molecule has 0 aliphatic carbocycles. The quantitative estimate of drug-likeness (QED) is 0.609. The maximum absolute atomic E-state index is 12.3. The summed E-state index contributed by atoms with van der Waals surface area (Å²) in [6.45, 7) is 0. The Morgan fingerprint density at radius 2 is 2.09 bits per heavy atom. The van der Waals surface area contributed by atoms with Gasteiger partial charge in [0.1, 0.15) is 0 Å². The van der Waals surface area contributed by atoms with Gasteiger partial charge in [-0.05, 0) is 52.9 Å². The number of halogens is 2. The van der Waals surface area contributed by atoms with E-state index in [2.05, 4.69) is 42.6 Å². The van der Waals surface area contributed by atoms with E-state index in [4.69, 9.17) is 11.6 Å². The molecule has 0 saturated carbocycles. The summed E-state index contributed by atoms with van der Waals surface area (Å²) in [4.78, 5) is 25.8. The van der Waals surface area contributed by atoms with Crippen molar-refractivity contribution < 1.29 is 9.32 Å². The molecule has 8 heteroatoms. The molecule has 3 aromatic rings. The van der Waals surface area contributed by atoms with Crippen molar-refractivity contribution >= 4 is 45.8 Å². The summed E-state index contributed by atoms with van der Waals surface area (Å²) in [6.07, 6.45) is 0. The molecular weight excluding hydrogens is 433 g/mol. The SMILES string of the molecule is O=C(Nc1cccc(-c2noc(=O)[nH]2)c1)c1ccc(Cl)cc1I. The van der Waals surface area contributed by atoms with Crippen molar-refractivity contribution in [1.29, 1.82) is 0 Å². The Hall–Kier alpha value is -2.13. The molecule has 0 unspecified atom stereocenters. The van der Waals surface area contributed by atoms with E-state index in [0.29, 0.717) is 27.7 Å². The first-order valence-corrected chi connectivity index (χ1v) is 7.91. The van der Waals surface area contributed by atoms with Crippen LogP contribution >= 0.6 is 34.2 Å². The number of hydrogen-bond acceptors (Lipinski definition) is 4. The fourth-order valence-corrected chi connectivity index (χ4v) is 3.09. The van der Waals surface area contributed by atoms with Crippen LogP contribution in [0.25, 0.3) is 11.4 Å². The lowest BCUT2D eigenvalue weighted by atomic mass is 10.1.